The van der Waals surface area contributed by atoms with Gasteiger partial charge in [-0.1, -0.05) is 48.0 Å². The quantitative estimate of drug-likeness (QED) is 0.621. The third kappa shape index (κ3) is 4.33. The maximum absolute atomic E-state index is 12.9. The Balaban J connectivity index is 1.40. The van der Waals surface area contributed by atoms with Crippen molar-refractivity contribution >= 4 is 15.9 Å². The smallest absolute Gasteiger partial charge is 0.267 e. The highest BCUT2D eigenvalue weighted by atomic mass is 32.2. The largest absolute Gasteiger partial charge is 0.339 e. The summed E-state index contributed by atoms with van der Waals surface area (Å²) in [5.74, 6) is 0.467. The summed E-state index contributed by atoms with van der Waals surface area (Å²) in [6.45, 7) is 3.31. The molecule has 1 amide bonds. The molecule has 0 saturated carbocycles. The Labute approximate surface area is 178 Å². The van der Waals surface area contributed by atoms with Crippen molar-refractivity contribution in [2.24, 2.45) is 5.92 Å². The van der Waals surface area contributed by atoms with Gasteiger partial charge in [0.15, 0.2) is 0 Å². The highest BCUT2D eigenvalue weighted by Gasteiger charge is 2.25. The monoisotopic (exact) mass is 422 g/mol. The summed E-state index contributed by atoms with van der Waals surface area (Å²) in [5, 5.41) is 0. The van der Waals surface area contributed by atoms with Crippen LogP contribution in [0.25, 0.3) is 0 Å². The molecule has 1 fully saturated rings. The zero-order chi connectivity index (χ0) is 21.1. The summed E-state index contributed by atoms with van der Waals surface area (Å²) < 4.78 is 26.8. The Morgan fingerprint density at radius 3 is 2.30 bits per heavy atom. The van der Waals surface area contributed by atoms with E-state index in [0.717, 1.165) is 28.8 Å². The van der Waals surface area contributed by atoms with Crippen LogP contribution in [-0.2, 0) is 16.4 Å². The molecule has 1 aromatic heterocycles. The van der Waals surface area contributed by atoms with E-state index in [0.29, 0.717) is 24.6 Å². The number of aromatic nitrogens is 1. The average molecular weight is 423 g/mol. The summed E-state index contributed by atoms with van der Waals surface area (Å²) in [6.07, 6.45) is 5.83. The Bertz CT molecular complexity index is 1110. The van der Waals surface area contributed by atoms with Crippen LogP contribution in [0.2, 0.25) is 0 Å². The molecular weight excluding hydrogens is 396 g/mol. The molecular formula is C24H26N2O3S. The van der Waals surface area contributed by atoms with Gasteiger partial charge < -0.3 is 4.90 Å². The molecule has 1 aliphatic heterocycles. The van der Waals surface area contributed by atoms with Crippen LogP contribution >= 0.6 is 0 Å². The molecule has 0 atom stereocenters. The van der Waals surface area contributed by atoms with Gasteiger partial charge in [-0.15, -0.1) is 0 Å². The lowest BCUT2D eigenvalue weighted by Gasteiger charge is -2.32. The van der Waals surface area contributed by atoms with Crippen LogP contribution < -0.4 is 0 Å². The predicted octanol–water partition coefficient (Wildman–Crippen LogP) is 4.13. The Morgan fingerprint density at radius 1 is 0.967 bits per heavy atom. The van der Waals surface area contributed by atoms with Crippen LogP contribution in [-0.4, -0.2) is 36.3 Å². The van der Waals surface area contributed by atoms with Gasteiger partial charge in [0.25, 0.3) is 15.9 Å². The molecule has 2 aromatic carbocycles. The number of amides is 1. The fourth-order valence-corrected chi connectivity index (χ4v) is 5.15. The van der Waals surface area contributed by atoms with Crippen LogP contribution in [0.3, 0.4) is 0 Å². The highest BCUT2D eigenvalue weighted by molar-refractivity contribution is 7.90. The molecule has 0 bridgehead atoms. The first-order valence-corrected chi connectivity index (χ1v) is 11.7. The van der Waals surface area contributed by atoms with Gasteiger partial charge in [-0.3, -0.25) is 4.79 Å². The molecule has 0 N–H and O–H groups in total. The van der Waals surface area contributed by atoms with Crippen LogP contribution in [0.4, 0.5) is 0 Å². The Morgan fingerprint density at radius 2 is 1.63 bits per heavy atom. The van der Waals surface area contributed by atoms with E-state index >= 15 is 0 Å². The number of carbonyl (C=O) groups is 1. The summed E-state index contributed by atoms with van der Waals surface area (Å²) >= 11 is 0. The molecule has 0 radical (unpaired) electrons. The Kier molecular flexibility index (Phi) is 5.77. The van der Waals surface area contributed by atoms with Crippen molar-refractivity contribution in [3.8, 4) is 0 Å². The molecule has 1 saturated heterocycles. The fraction of sp³-hybridized carbons (Fsp3) is 0.292. The molecule has 30 heavy (non-hydrogen) atoms. The fourth-order valence-electron chi connectivity index (χ4n) is 3.96. The van der Waals surface area contributed by atoms with Crippen molar-refractivity contribution in [3.63, 3.8) is 0 Å². The number of piperidine rings is 1. The maximum atomic E-state index is 12.9. The molecule has 2 heterocycles. The van der Waals surface area contributed by atoms with Crippen molar-refractivity contribution < 1.29 is 13.2 Å². The molecule has 6 heteroatoms. The van der Waals surface area contributed by atoms with Crippen LogP contribution in [0, 0.1) is 12.8 Å². The van der Waals surface area contributed by atoms with Gasteiger partial charge >= 0.3 is 0 Å². The van der Waals surface area contributed by atoms with Crippen molar-refractivity contribution in [3.05, 3.63) is 89.7 Å². The lowest BCUT2D eigenvalue weighted by molar-refractivity contribution is 0.0690. The van der Waals surface area contributed by atoms with Gasteiger partial charge in [-0.25, -0.2) is 12.4 Å². The first-order valence-electron chi connectivity index (χ1n) is 10.3. The van der Waals surface area contributed by atoms with E-state index < -0.39 is 10.0 Å². The van der Waals surface area contributed by atoms with Crippen molar-refractivity contribution in [1.82, 2.24) is 8.87 Å². The molecule has 1 aliphatic rings. The maximum Gasteiger partial charge on any atom is 0.267 e. The number of hydrogen-bond acceptors (Lipinski definition) is 3. The van der Waals surface area contributed by atoms with Gasteiger partial charge in [0.1, 0.15) is 0 Å². The third-order valence-corrected chi connectivity index (χ3v) is 7.43. The van der Waals surface area contributed by atoms with Crippen molar-refractivity contribution in [2.75, 3.05) is 13.1 Å². The molecule has 4 rings (SSSR count). The molecule has 0 unspecified atom stereocenters. The average Bonchev–Trinajstić information content (AvgIpc) is 3.26. The lowest BCUT2D eigenvalue weighted by Crippen LogP contribution is -2.38. The van der Waals surface area contributed by atoms with Crippen molar-refractivity contribution in [1.29, 1.82) is 0 Å². The number of likely N-dealkylation sites (tertiary alicyclic amines) is 1. The van der Waals surface area contributed by atoms with Gasteiger partial charge in [0.05, 0.1) is 10.5 Å². The minimum atomic E-state index is -3.70. The summed E-state index contributed by atoms with van der Waals surface area (Å²) in [4.78, 5) is 14.9. The number of aryl methyl sites for hydroxylation is 1. The van der Waals surface area contributed by atoms with E-state index in [-0.39, 0.29) is 10.8 Å². The van der Waals surface area contributed by atoms with Gasteiger partial charge in [-0.05, 0) is 55.9 Å². The normalized spacial score (nSPS) is 15.3. The topological polar surface area (TPSA) is 59.4 Å². The van der Waals surface area contributed by atoms with E-state index in [2.05, 4.69) is 24.3 Å². The second kappa shape index (κ2) is 8.48. The zero-order valence-electron chi connectivity index (χ0n) is 17.1. The number of carbonyl (C=O) groups excluding carboxylic acids is 1. The lowest BCUT2D eigenvalue weighted by atomic mass is 9.90. The number of hydrogen-bond donors (Lipinski definition) is 0. The van der Waals surface area contributed by atoms with E-state index in [1.54, 1.807) is 30.3 Å². The molecule has 5 nitrogen and oxygen atoms in total. The van der Waals surface area contributed by atoms with Crippen LogP contribution in [0.15, 0.2) is 78.0 Å². The van der Waals surface area contributed by atoms with E-state index in [1.165, 1.54) is 18.0 Å². The first-order chi connectivity index (χ1) is 14.4. The number of nitrogens with zero attached hydrogens (tertiary/aromatic N) is 2. The zero-order valence-corrected chi connectivity index (χ0v) is 17.9. The van der Waals surface area contributed by atoms with E-state index in [4.69, 9.17) is 0 Å². The minimum absolute atomic E-state index is 0.106. The molecule has 156 valence electrons. The molecule has 0 aliphatic carbocycles. The third-order valence-electron chi connectivity index (χ3n) is 5.78. The van der Waals surface area contributed by atoms with Crippen molar-refractivity contribution in [2.45, 2.75) is 31.1 Å². The van der Waals surface area contributed by atoms with E-state index in [9.17, 15) is 13.2 Å². The van der Waals surface area contributed by atoms with Crippen LogP contribution in [0.5, 0.6) is 0 Å². The standard InChI is InChI=1S/C24H26N2O3S/c1-19-7-9-23(10-8-19)30(28,29)26-16-13-22(18-26)24(27)25-14-11-21(12-15-25)17-20-5-3-2-4-6-20/h2-10,13,16,18,21H,11-12,14-15,17H2,1H3. The second-order valence-corrected chi connectivity index (χ2v) is 9.82. The first kappa shape index (κ1) is 20.4. The van der Waals surface area contributed by atoms with Gasteiger partial charge in [0.2, 0.25) is 0 Å². The Hall–Kier alpha value is -2.86. The highest BCUT2D eigenvalue weighted by Crippen LogP contribution is 2.23. The predicted molar refractivity (Wildman–Crippen MR) is 117 cm³/mol. The van der Waals surface area contributed by atoms with Gasteiger partial charge in [-0.2, -0.15) is 0 Å². The number of rotatable bonds is 5. The van der Waals surface area contributed by atoms with E-state index in [1.807, 2.05) is 17.9 Å². The summed E-state index contributed by atoms with van der Waals surface area (Å²) in [6, 6.07) is 18.7. The molecule has 0 spiro atoms. The number of benzene rings is 2. The second-order valence-electron chi connectivity index (χ2n) is 7.97. The molecule has 3 aromatic rings. The SMILES string of the molecule is Cc1ccc(S(=O)(=O)n2ccc(C(=O)N3CCC(Cc4ccccc4)CC3)c2)cc1. The minimum Gasteiger partial charge on any atom is -0.339 e. The van der Waals surface area contributed by atoms with Crippen LogP contribution in [0.1, 0.15) is 34.3 Å². The summed E-state index contributed by atoms with van der Waals surface area (Å²) in [7, 11) is -3.70. The van der Waals surface area contributed by atoms with Gasteiger partial charge in [0, 0.05) is 25.5 Å². The summed E-state index contributed by atoms with van der Waals surface area (Å²) in [5.41, 5.74) is 2.74.